The van der Waals surface area contributed by atoms with E-state index in [-0.39, 0.29) is 6.04 Å². The summed E-state index contributed by atoms with van der Waals surface area (Å²) >= 11 is 0. The molecule has 0 fully saturated rings. The van der Waals surface area contributed by atoms with Gasteiger partial charge in [0.2, 0.25) is 0 Å². The molecule has 1 atom stereocenters. The van der Waals surface area contributed by atoms with Gasteiger partial charge in [-0.3, -0.25) is 10.8 Å². The monoisotopic (exact) mass is 280 g/mol. The Morgan fingerprint density at radius 1 is 1.14 bits per heavy atom. The highest BCUT2D eigenvalue weighted by Crippen LogP contribution is 2.19. The van der Waals surface area contributed by atoms with Gasteiger partial charge in [-0.2, -0.15) is 15.0 Å². The molecular formula is C15H16N6. The van der Waals surface area contributed by atoms with Gasteiger partial charge in [0.25, 0.3) is 0 Å². The molecule has 21 heavy (non-hydrogen) atoms. The van der Waals surface area contributed by atoms with E-state index in [2.05, 4.69) is 20.6 Å². The summed E-state index contributed by atoms with van der Waals surface area (Å²) in [4.78, 5) is 5.78. The first-order valence-electron chi connectivity index (χ1n) is 6.63. The number of hydrogen-bond donors (Lipinski definition) is 2. The predicted molar refractivity (Wildman–Crippen MR) is 79.5 cm³/mol. The van der Waals surface area contributed by atoms with Crippen molar-refractivity contribution in [3.05, 3.63) is 71.8 Å². The molecule has 0 spiro atoms. The number of nitrogens with one attached hydrogen (secondary N) is 1. The lowest BCUT2D eigenvalue weighted by Crippen LogP contribution is -2.29. The fraction of sp³-hybridized carbons (Fsp3) is 0.133. The molecular weight excluding hydrogens is 264 g/mol. The molecule has 2 heterocycles. The topological polar surface area (TPSA) is 81.6 Å². The van der Waals surface area contributed by atoms with E-state index in [1.807, 2.05) is 43.3 Å². The van der Waals surface area contributed by atoms with Crippen molar-refractivity contribution in [2.45, 2.75) is 13.0 Å². The summed E-state index contributed by atoms with van der Waals surface area (Å²) in [5.74, 6) is 5.68. The highest BCUT2D eigenvalue weighted by molar-refractivity contribution is 5.30. The molecule has 106 valence electrons. The molecule has 0 aliphatic rings. The van der Waals surface area contributed by atoms with Crippen molar-refractivity contribution in [2.75, 3.05) is 0 Å². The lowest BCUT2D eigenvalue weighted by molar-refractivity contribution is 0.607. The summed E-state index contributed by atoms with van der Waals surface area (Å²) in [6, 6.07) is 11.5. The number of aromatic nitrogens is 4. The van der Waals surface area contributed by atoms with Crippen molar-refractivity contribution in [3.8, 4) is 5.69 Å². The third-order valence-electron chi connectivity index (χ3n) is 3.19. The summed E-state index contributed by atoms with van der Waals surface area (Å²) < 4.78 is 0. The molecule has 0 aliphatic carbocycles. The number of benzene rings is 1. The zero-order valence-corrected chi connectivity index (χ0v) is 11.6. The SMILES string of the molecule is Cc1cncc(C(NN)c2cnn(-c3ccccc3)n2)c1. The van der Waals surface area contributed by atoms with Gasteiger partial charge in [0, 0.05) is 12.4 Å². The van der Waals surface area contributed by atoms with Gasteiger partial charge in [0.05, 0.1) is 17.9 Å². The van der Waals surface area contributed by atoms with E-state index in [9.17, 15) is 0 Å². The number of nitrogens with two attached hydrogens (primary N) is 1. The molecule has 3 N–H and O–H groups in total. The van der Waals surface area contributed by atoms with Crippen LogP contribution in [0.25, 0.3) is 5.69 Å². The highest BCUT2D eigenvalue weighted by Gasteiger charge is 2.17. The van der Waals surface area contributed by atoms with Crippen LogP contribution in [0.2, 0.25) is 0 Å². The fourth-order valence-corrected chi connectivity index (χ4v) is 2.18. The Morgan fingerprint density at radius 2 is 1.95 bits per heavy atom. The number of aryl methyl sites for hydroxylation is 1. The molecule has 6 heteroatoms. The van der Waals surface area contributed by atoms with Gasteiger partial charge < -0.3 is 0 Å². The maximum Gasteiger partial charge on any atom is 0.106 e. The Labute approximate surface area is 122 Å². The maximum atomic E-state index is 5.68. The molecule has 0 saturated heterocycles. The van der Waals surface area contributed by atoms with Gasteiger partial charge in [-0.25, -0.2) is 5.43 Å². The molecule has 0 aliphatic heterocycles. The Bertz CT molecular complexity index is 722. The number of pyridine rings is 1. The fourth-order valence-electron chi connectivity index (χ4n) is 2.18. The summed E-state index contributed by atoms with van der Waals surface area (Å²) in [7, 11) is 0. The standard InChI is InChI=1S/C15H16N6/c1-11-7-12(9-17-8-11)15(19-16)14-10-18-21(20-14)13-5-3-2-4-6-13/h2-10,15,19H,16H2,1H3. The molecule has 3 rings (SSSR count). The minimum Gasteiger partial charge on any atom is -0.271 e. The summed E-state index contributed by atoms with van der Waals surface area (Å²) in [6.07, 6.45) is 5.29. The van der Waals surface area contributed by atoms with Crippen molar-refractivity contribution >= 4 is 0 Å². The lowest BCUT2D eigenvalue weighted by atomic mass is 10.1. The molecule has 0 radical (unpaired) electrons. The first-order chi connectivity index (χ1) is 10.3. The molecule has 0 bridgehead atoms. The minimum absolute atomic E-state index is 0.241. The zero-order chi connectivity index (χ0) is 14.7. The third-order valence-corrected chi connectivity index (χ3v) is 3.19. The van der Waals surface area contributed by atoms with Crippen LogP contribution in [-0.4, -0.2) is 20.0 Å². The zero-order valence-electron chi connectivity index (χ0n) is 11.6. The van der Waals surface area contributed by atoms with Crippen LogP contribution in [-0.2, 0) is 0 Å². The first-order valence-corrected chi connectivity index (χ1v) is 6.63. The van der Waals surface area contributed by atoms with E-state index in [1.165, 1.54) is 0 Å². The Kier molecular flexibility index (Phi) is 3.72. The van der Waals surface area contributed by atoms with E-state index >= 15 is 0 Å². The van der Waals surface area contributed by atoms with Crippen LogP contribution in [0, 0.1) is 6.92 Å². The van der Waals surface area contributed by atoms with E-state index in [4.69, 9.17) is 5.84 Å². The number of nitrogens with zero attached hydrogens (tertiary/aromatic N) is 4. The van der Waals surface area contributed by atoms with Gasteiger partial charge in [-0.05, 0) is 30.2 Å². The molecule has 0 amide bonds. The third kappa shape index (κ3) is 2.81. The van der Waals surface area contributed by atoms with Crippen LogP contribution >= 0.6 is 0 Å². The maximum absolute atomic E-state index is 5.68. The van der Waals surface area contributed by atoms with Crippen LogP contribution in [0.5, 0.6) is 0 Å². The van der Waals surface area contributed by atoms with Crippen LogP contribution in [0.3, 0.4) is 0 Å². The first kappa shape index (κ1) is 13.4. The van der Waals surface area contributed by atoms with Crippen LogP contribution in [0.15, 0.2) is 55.0 Å². The second-order valence-corrected chi connectivity index (χ2v) is 4.79. The molecule has 0 saturated carbocycles. The van der Waals surface area contributed by atoms with Crippen molar-refractivity contribution in [1.29, 1.82) is 0 Å². The molecule has 2 aromatic heterocycles. The van der Waals surface area contributed by atoms with Gasteiger partial charge in [0.1, 0.15) is 5.69 Å². The minimum atomic E-state index is -0.241. The van der Waals surface area contributed by atoms with Crippen LogP contribution in [0.4, 0.5) is 0 Å². The number of hydrazine groups is 1. The number of rotatable bonds is 4. The lowest BCUT2D eigenvalue weighted by Gasteiger charge is -2.13. The normalized spacial score (nSPS) is 12.3. The van der Waals surface area contributed by atoms with Gasteiger partial charge in [-0.15, -0.1) is 0 Å². The quantitative estimate of drug-likeness (QED) is 0.559. The average molecular weight is 280 g/mol. The summed E-state index contributed by atoms with van der Waals surface area (Å²) in [6.45, 7) is 1.99. The number of hydrogen-bond acceptors (Lipinski definition) is 5. The highest BCUT2D eigenvalue weighted by atomic mass is 15.5. The molecule has 1 aromatic carbocycles. The largest absolute Gasteiger partial charge is 0.271 e. The summed E-state index contributed by atoms with van der Waals surface area (Å²) in [5.41, 5.74) is 6.45. The van der Waals surface area contributed by atoms with Gasteiger partial charge in [-0.1, -0.05) is 24.3 Å². The molecule has 1 unspecified atom stereocenters. The Morgan fingerprint density at radius 3 is 2.67 bits per heavy atom. The van der Waals surface area contributed by atoms with Gasteiger partial charge >= 0.3 is 0 Å². The van der Waals surface area contributed by atoms with Crippen molar-refractivity contribution < 1.29 is 0 Å². The smallest absolute Gasteiger partial charge is 0.106 e. The van der Waals surface area contributed by atoms with E-state index in [0.717, 1.165) is 22.5 Å². The van der Waals surface area contributed by atoms with E-state index < -0.39 is 0 Å². The Balaban J connectivity index is 1.94. The van der Waals surface area contributed by atoms with Crippen molar-refractivity contribution in [3.63, 3.8) is 0 Å². The van der Waals surface area contributed by atoms with Gasteiger partial charge in [0.15, 0.2) is 0 Å². The van der Waals surface area contributed by atoms with Crippen LogP contribution in [0.1, 0.15) is 22.9 Å². The predicted octanol–water partition coefficient (Wildman–Crippen LogP) is 1.52. The summed E-state index contributed by atoms with van der Waals surface area (Å²) in [5, 5.41) is 8.79. The molecule has 3 aromatic rings. The second-order valence-electron chi connectivity index (χ2n) is 4.79. The average Bonchev–Trinajstić information content (AvgIpc) is 2.99. The van der Waals surface area contributed by atoms with Crippen molar-refractivity contribution in [2.24, 2.45) is 5.84 Å². The molecule has 6 nitrogen and oxygen atoms in total. The number of para-hydroxylation sites is 1. The second kappa shape index (κ2) is 5.82. The van der Waals surface area contributed by atoms with E-state index in [0.29, 0.717) is 0 Å². The van der Waals surface area contributed by atoms with Crippen LogP contribution < -0.4 is 11.3 Å². The van der Waals surface area contributed by atoms with Crippen molar-refractivity contribution in [1.82, 2.24) is 25.4 Å². The van der Waals surface area contributed by atoms with E-state index in [1.54, 1.807) is 23.4 Å². The Hall–Kier alpha value is -2.57.